The third-order valence-corrected chi connectivity index (χ3v) is 8.85. The van der Waals surface area contributed by atoms with Gasteiger partial charge in [0.1, 0.15) is 5.04 Å². The minimum Gasteiger partial charge on any atom is -0.318 e. The largest absolute Gasteiger partial charge is 0.448 e. The lowest BCUT2D eigenvalue weighted by Crippen LogP contribution is -2.38. The Bertz CT molecular complexity index is 482. The maximum atomic E-state index is 12.6. The first-order valence-electron chi connectivity index (χ1n) is 6.89. The fraction of sp³-hybridized carbons (Fsp3) is 0.818. The lowest BCUT2D eigenvalue weighted by atomic mass is 10.8. The molecular weight excluding hydrogens is 381 g/mol. The van der Waals surface area contributed by atoms with Gasteiger partial charge in [0.25, 0.3) is 6.64 Å². The highest BCUT2D eigenvalue weighted by atomic mass is 32.5. The van der Waals surface area contributed by atoms with Gasteiger partial charge in [-0.3, -0.25) is 4.84 Å². The zero-order chi connectivity index (χ0) is 18.0. The van der Waals surface area contributed by atoms with Crippen LogP contribution in [0.1, 0.15) is 27.7 Å². The van der Waals surface area contributed by atoms with Crippen molar-refractivity contribution >= 4 is 52.5 Å². The molecule has 8 nitrogen and oxygen atoms in total. The first-order chi connectivity index (χ1) is 10.8. The van der Waals surface area contributed by atoms with Crippen LogP contribution in [0.4, 0.5) is 4.79 Å². The van der Waals surface area contributed by atoms with Crippen molar-refractivity contribution in [3.63, 3.8) is 0 Å². The number of hydrogen-bond donors (Lipinski definition) is 0. The molecule has 1 unspecified atom stereocenters. The fourth-order valence-corrected chi connectivity index (χ4v) is 6.16. The van der Waals surface area contributed by atoms with E-state index in [9.17, 15) is 9.00 Å². The molecule has 0 N–H and O–H groups in total. The molecule has 0 aromatic carbocycles. The molecule has 0 aromatic rings. The number of amides is 1. The van der Waals surface area contributed by atoms with Gasteiger partial charge in [-0.1, -0.05) is 12.1 Å². The SMILES string of the molecule is CCOP(=S)(OCC)N(CC)S(=O)N(C)C(=O)ON=C(C)SC. The molecule has 0 heterocycles. The molecule has 0 saturated carbocycles. The second-order valence-electron chi connectivity index (χ2n) is 3.87. The second kappa shape index (κ2) is 11.5. The summed E-state index contributed by atoms with van der Waals surface area (Å²) in [7, 11) is 1.34. The quantitative estimate of drug-likeness (QED) is 0.192. The van der Waals surface area contributed by atoms with Gasteiger partial charge in [0.2, 0.25) is 11.2 Å². The van der Waals surface area contributed by atoms with Crippen LogP contribution in [0.3, 0.4) is 0 Å². The Balaban J connectivity index is 5.19. The molecule has 0 aliphatic rings. The van der Waals surface area contributed by atoms with Crippen molar-refractivity contribution in [3.8, 4) is 0 Å². The molecule has 1 amide bonds. The van der Waals surface area contributed by atoms with Crippen molar-refractivity contribution in [3.05, 3.63) is 0 Å². The van der Waals surface area contributed by atoms with Crippen LogP contribution in [0, 0.1) is 0 Å². The van der Waals surface area contributed by atoms with Gasteiger partial charge in [0.05, 0.1) is 13.2 Å². The minimum absolute atomic E-state index is 0.286. The predicted octanol–water partition coefficient (Wildman–Crippen LogP) is 2.95. The van der Waals surface area contributed by atoms with Crippen LogP contribution in [-0.4, -0.2) is 56.8 Å². The van der Waals surface area contributed by atoms with Gasteiger partial charge in [0, 0.05) is 13.6 Å². The average Bonchev–Trinajstić information content (AvgIpc) is 2.52. The van der Waals surface area contributed by atoms with E-state index in [1.165, 1.54) is 22.9 Å². The third kappa shape index (κ3) is 7.16. The van der Waals surface area contributed by atoms with E-state index in [1.807, 2.05) is 0 Å². The average molecular weight is 406 g/mol. The standard InChI is InChI=1S/C11H24N3O5PS3/c1-7-14(20(21,17-8-2)18-9-3)23(16)13(5)11(15)19-12-10(4)22-6/h7-9H2,1-6H3. The van der Waals surface area contributed by atoms with E-state index in [0.717, 1.165) is 4.31 Å². The molecule has 0 bridgehead atoms. The fourth-order valence-electron chi connectivity index (χ4n) is 1.26. The van der Waals surface area contributed by atoms with E-state index >= 15 is 0 Å². The Morgan fingerprint density at radius 2 is 1.83 bits per heavy atom. The summed E-state index contributed by atoms with van der Waals surface area (Å²) in [5, 5.41) is 4.19. The van der Waals surface area contributed by atoms with Crippen molar-refractivity contribution < 1.29 is 22.9 Å². The summed E-state index contributed by atoms with van der Waals surface area (Å²) in [5.41, 5.74) is 0. The Hall–Kier alpha value is -0.0300. The van der Waals surface area contributed by atoms with Gasteiger partial charge in [-0.05, 0) is 38.8 Å². The smallest absolute Gasteiger partial charge is 0.318 e. The Kier molecular flexibility index (Phi) is 11.5. The van der Waals surface area contributed by atoms with Crippen LogP contribution in [0.5, 0.6) is 0 Å². The number of hydrogen-bond acceptors (Lipinski definition) is 8. The Labute approximate surface area is 149 Å². The number of nitrogens with zero attached hydrogens (tertiary/aromatic N) is 3. The van der Waals surface area contributed by atoms with Crippen molar-refractivity contribution in [1.82, 2.24) is 8.38 Å². The monoisotopic (exact) mass is 405 g/mol. The number of rotatable bonds is 9. The van der Waals surface area contributed by atoms with E-state index < -0.39 is 23.9 Å². The van der Waals surface area contributed by atoms with E-state index in [0.29, 0.717) is 18.3 Å². The van der Waals surface area contributed by atoms with Crippen molar-refractivity contribution in [2.75, 3.05) is 33.1 Å². The molecule has 12 heteroatoms. The molecule has 0 aliphatic heterocycles. The highest BCUT2D eigenvalue weighted by Gasteiger charge is 2.35. The van der Waals surface area contributed by atoms with Crippen LogP contribution < -0.4 is 0 Å². The van der Waals surface area contributed by atoms with Gasteiger partial charge < -0.3 is 9.05 Å². The maximum absolute atomic E-state index is 12.6. The normalized spacial score (nSPS) is 14.0. The molecule has 0 rings (SSSR count). The van der Waals surface area contributed by atoms with Crippen molar-refractivity contribution in [2.24, 2.45) is 5.16 Å². The molecular formula is C11H24N3O5PS3. The van der Waals surface area contributed by atoms with E-state index in [4.69, 9.17) is 25.7 Å². The molecule has 23 heavy (non-hydrogen) atoms. The number of carbonyl (C=O) groups excluding carboxylic acids is 1. The summed E-state index contributed by atoms with van der Waals surface area (Å²) in [6.07, 6.45) is 0.942. The first kappa shape index (κ1) is 23.0. The molecule has 136 valence electrons. The number of oxime groups is 1. The Morgan fingerprint density at radius 3 is 2.22 bits per heavy atom. The number of carbonyl (C=O) groups is 1. The van der Waals surface area contributed by atoms with E-state index in [1.54, 1.807) is 34.0 Å². The van der Waals surface area contributed by atoms with E-state index in [2.05, 4.69) is 5.16 Å². The van der Waals surface area contributed by atoms with Crippen molar-refractivity contribution in [2.45, 2.75) is 27.7 Å². The zero-order valence-corrected chi connectivity index (χ0v) is 17.5. The van der Waals surface area contributed by atoms with E-state index in [-0.39, 0.29) is 6.54 Å². The van der Waals surface area contributed by atoms with Crippen LogP contribution in [-0.2, 0) is 36.9 Å². The summed E-state index contributed by atoms with van der Waals surface area (Å²) in [4.78, 5) is 16.7. The second-order valence-corrected chi connectivity index (χ2v) is 9.91. The summed E-state index contributed by atoms with van der Waals surface area (Å²) >= 11 is 4.84. The molecule has 0 spiro atoms. The zero-order valence-electron chi connectivity index (χ0n) is 14.2. The lowest BCUT2D eigenvalue weighted by molar-refractivity contribution is 0.135. The third-order valence-electron chi connectivity index (χ3n) is 2.35. The molecule has 0 fully saturated rings. The summed E-state index contributed by atoms with van der Waals surface area (Å²) in [6.45, 7) is 4.97. The molecule has 0 aliphatic carbocycles. The minimum atomic E-state index is -2.95. The summed E-state index contributed by atoms with van der Waals surface area (Å²) in [5.74, 6) is 0. The maximum Gasteiger partial charge on any atom is 0.448 e. The van der Waals surface area contributed by atoms with Gasteiger partial charge in [-0.2, -0.15) is 0 Å². The van der Waals surface area contributed by atoms with Gasteiger partial charge >= 0.3 is 6.09 Å². The predicted molar refractivity (Wildman–Crippen MR) is 98.9 cm³/mol. The molecule has 1 atom stereocenters. The number of thioether (sulfide) groups is 1. The van der Waals surface area contributed by atoms with Crippen molar-refractivity contribution in [1.29, 1.82) is 0 Å². The molecule has 0 radical (unpaired) electrons. The van der Waals surface area contributed by atoms with Gasteiger partial charge in [-0.25, -0.2) is 13.3 Å². The highest BCUT2D eigenvalue weighted by Crippen LogP contribution is 2.53. The summed E-state index contributed by atoms with van der Waals surface area (Å²) in [6, 6.07) is 0. The molecule has 0 saturated heterocycles. The summed E-state index contributed by atoms with van der Waals surface area (Å²) < 4.78 is 25.9. The van der Waals surface area contributed by atoms with Crippen LogP contribution >= 0.6 is 18.4 Å². The molecule has 0 aromatic heterocycles. The topological polar surface area (TPSA) is 80.7 Å². The van der Waals surface area contributed by atoms with Crippen LogP contribution in [0.25, 0.3) is 0 Å². The van der Waals surface area contributed by atoms with Gasteiger partial charge in [-0.15, -0.1) is 15.8 Å². The first-order valence-corrected chi connectivity index (χ1v) is 11.8. The van der Waals surface area contributed by atoms with Crippen LogP contribution in [0.2, 0.25) is 0 Å². The van der Waals surface area contributed by atoms with Crippen LogP contribution in [0.15, 0.2) is 5.16 Å². The highest BCUT2D eigenvalue weighted by molar-refractivity contribution is 8.13. The van der Waals surface area contributed by atoms with Gasteiger partial charge in [0.15, 0.2) is 0 Å². The Morgan fingerprint density at radius 1 is 1.30 bits per heavy atom. The lowest BCUT2D eigenvalue weighted by Gasteiger charge is -2.32.